The number of rotatable bonds is 49. The summed E-state index contributed by atoms with van der Waals surface area (Å²) in [6, 6.07) is 0. The Morgan fingerprint density at radius 2 is 0.844 bits per heavy atom. The first kappa shape index (κ1) is 70.5. The van der Waals surface area contributed by atoms with Crippen LogP contribution in [0.5, 0.6) is 0 Å². The van der Waals surface area contributed by atoms with Crippen molar-refractivity contribution in [2.75, 3.05) is 33.0 Å². The molecule has 0 amide bonds. The van der Waals surface area contributed by atoms with E-state index in [0.29, 0.717) is 13.0 Å². The van der Waals surface area contributed by atoms with Crippen molar-refractivity contribution in [2.24, 2.45) is 0 Å². The molecule has 2 rings (SSSR count). The smallest absolute Gasteiger partial charge is 0.306 e. The van der Waals surface area contributed by atoms with Gasteiger partial charge in [0.2, 0.25) is 0 Å². The molecule has 0 spiro atoms. The topological polar surface area (TPSA) is 214 Å². The number of carbonyl (C=O) groups is 1. The van der Waals surface area contributed by atoms with Crippen LogP contribution >= 0.6 is 0 Å². The number of esters is 1. The lowest BCUT2D eigenvalue weighted by molar-refractivity contribution is -0.332. The van der Waals surface area contributed by atoms with Crippen molar-refractivity contribution in [3.63, 3.8) is 0 Å². The van der Waals surface area contributed by atoms with Crippen molar-refractivity contribution < 1.29 is 69.0 Å². The van der Waals surface area contributed by atoms with Gasteiger partial charge in [-0.1, -0.05) is 222 Å². The highest BCUT2D eigenvalue weighted by atomic mass is 16.7. The van der Waals surface area contributed by atoms with Gasteiger partial charge in [0.15, 0.2) is 12.6 Å². The van der Waals surface area contributed by atoms with Gasteiger partial charge >= 0.3 is 5.97 Å². The summed E-state index contributed by atoms with van der Waals surface area (Å²) in [5, 5.41) is 72.4. The maximum Gasteiger partial charge on any atom is 0.306 e. The highest BCUT2D eigenvalue weighted by Gasteiger charge is 2.47. The van der Waals surface area contributed by atoms with Gasteiger partial charge in [0, 0.05) is 13.0 Å². The van der Waals surface area contributed by atoms with Gasteiger partial charge in [0.1, 0.15) is 54.9 Å². The van der Waals surface area contributed by atoms with Crippen molar-refractivity contribution in [3.8, 4) is 0 Å². The fourth-order valence-electron chi connectivity index (χ4n) is 9.35. The Kier molecular flexibility index (Phi) is 45.1. The van der Waals surface area contributed by atoms with Gasteiger partial charge in [0.25, 0.3) is 0 Å². The summed E-state index contributed by atoms with van der Waals surface area (Å²) in [5.41, 5.74) is 0. The Hall–Kier alpha value is -2.57. The third kappa shape index (κ3) is 35.7. The van der Waals surface area contributed by atoms with Crippen LogP contribution in [0.1, 0.15) is 219 Å². The van der Waals surface area contributed by atoms with Crippen LogP contribution in [0.4, 0.5) is 0 Å². The van der Waals surface area contributed by atoms with Gasteiger partial charge in [-0.15, -0.1) is 0 Å². The molecule has 0 aromatic carbocycles. The Labute approximate surface area is 466 Å². The van der Waals surface area contributed by atoms with Crippen LogP contribution in [0.25, 0.3) is 0 Å². The second kappa shape index (κ2) is 49.3. The summed E-state index contributed by atoms with van der Waals surface area (Å²) >= 11 is 0. The monoisotopic (exact) mass is 1090 g/mol. The van der Waals surface area contributed by atoms with E-state index in [9.17, 15) is 40.5 Å². The molecule has 0 bridgehead atoms. The van der Waals surface area contributed by atoms with Crippen LogP contribution in [-0.2, 0) is 33.2 Å². The SMILES string of the molecule is CC/C=C\C/C=C\C/C=C\C/C=C\C/C=C\C/C=C\CCCCCCCCCOCC(COC1OC(COC2OC(CO)C(O)C(O)C2O)C(O)C(O)C1O)OC(=O)CCCCCCCCCCCCCCCCCCC. The molecule has 0 aromatic heterocycles. The normalized spacial score (nSPS) is 24.8. The zero-order chi connectivity index (χ0) is 55.8. The molecule has 2 fully saturated rings. The van der Waals surface area contributed by atoms with Crippen molar-refractivity contribution >= 4 is 5.97 Å². The molecule has 11 atom stereocenters. The fraction of sp³-hybridized carbons (Fsp3) is 0.794. The van der Waals surface area contributed by atoms with Crippen LogP contribution in [0, 0.1) is 0 Å². The largest absolute Gasteiger partial charge is 0.457 e. The Morgan fingerprint density at radius 1 is 0.442 bits per heavy atom. The first-order valence-electron chi connectivity index (χ1n) is 30.5. The van der Waals surface area contributed by atoms with Crippen molar-refractivity contribution in [1.82, 2.24) is 0 Å². The quantitative estimate of drug-likeness (QED) is 0.0172. The van der Waals surface area contributed by atoms with Crippen molar-refractivity contribution in [1.29, 1.82) is 0 Å². The molecule has 2 aliphatic heterocycles. The van der Waals surface area contributed by atoms with Crippen LogP contribution in [0.3, 0.4) is 0 Å². The van der Waals surface area contributed by atoms with E-state index in [-0.39, 0.29) is 25.6 Å². The zero-order valence-corrected chi connectivity index (χ0v) is 47.9. The molecule has 0 aromatic rings. The maximum atomic E-state index is 13.1. The number of hydrogen-bond acceptors (Lipinski definition) is 14. The molecule has 14 nitrogen and oxygen atoms in total. The van der Waals surface area contributed by atoms with Gasteiger partial charge in [-0.2, -0.15) is 0 Å². The number of hydrogen-bond donors (Lipinski definition) is 7. The second-order valence-corrected chi connectivity index (χ2v) is 21.2. The number of allylic oxidation sites excluding steroid dienone is 12. The minimum Gasteiger partial charge on any atom is -0.457 e. The van der Waals surface area contributed by atoms with Gasteiger partial charge in [0.05, 0.1) is 26.4 Å². The lowest BCUT2D eigenvalue weighted by Crippen LogP contribution is -2.61. The average molecular weight is 1090 g/mol. The standard InChI is InChI=1S/C63H110O14/c1-3-5-7-9-11-13-15-17-19-21-22-23-24-25-26-27-28-29-31-33-35-37-39-41-43-45-47-72-49-52(75-55(65)46-44-42-40-38-36-34-32-30-20-18-16-14-12-10-8-6-4-2)50-73-62-61(71)59(69)57(67)54(77-62)51-74-63-60(70)58(68)56(66)53(48-64)76-63/h5,7,11,13,17,19,22-23,25-26,28-29,52-54,56-64,66-71H,3-4,6,8-10,12,14-16,18,20-21,24,27,30-51H2,1-2H3/b7-5-,13-11-,19-17-,23-22-,26-25-,29-28-. The Morgan fingerprint density at radius 3 is 1.32 bits per heavy atom. The number of carbonyl (C=O) groups excluding carboxylic acids is 1. The molecule has 2 saturated heterocycles. The van der Waals surface area contributed by atoms with E-state index in [1.165, 1.54) is 103 Å². The number of unbranched alkanes of at least 4 members (excludes halogenated alkanes) is 23. The number of ether oxygens (including phenoxy) is 6. The molecular formula is C63H110O14. The summed E-state index contributed by atoms with van der Waals surface area (Å²) in [6.07, 6.45) is 46.7. The van der Waals surface area contributed by atoms with E-state index in [0.717, 1.165) is 89.9 Å². The van der Waals surface area contributed by atoms with Crippen molar-refractivity contribution in [2.45, 2.75) is 287 Å². The molecular weight excluding hydrogens is 981 g/mol. The summed E-state index contributed by atoms with van der Waals surface area (Å²) in [4.78, 5) is 13.1. The molecule has 11 unspecified atom stereocenters. The maximum absolute atomic E-state index is 13.1. The highest BCUT2D eigenvalue weighted by molar-refractivity contribution is 5.69. The first-order chi connectivity index (χ1) is 37.6. The molecule has 2 aliphatic rings. The van der Waals surface area contributed by atoms with Gasteiger partial charge in [-0.3, -0.25) is 4.79 Å². The first-order valence-corrected chi connectivity index (χ1v) is 30.5. The fourth-order valence-corrected chi connectivity index (χ4v) is 9.35. The van der Waals surface area contributed by atoms with E-state index >= 15 is 0 Å². The van der Waals surface area contributed by atoms with E-state index in [1.54, 1.807) is 0 Å². The molecule has 0 radical (unpaired) electrons. The van der Waals surface area contributed by atoms with Gasteiger partial charge in [-0.25, -0.2) is 0 Å². The molecule has 14 heteroatoms. The highest BCUT2D eigenvalue weighted by Crippen LogP contribution is 2.27. The molecule has 0 aliphatic carbocycles. The lowest BCUT2D eigenvalue weighted by Gasteiger charge is -2.42. The van der Waals surface area contributed by atoms with E-state index in [4.69, 9.17) is 28.4 Å². The summed E-state index contributed by atoms with van der Waals surface area (Å²) < 4.78 is 34.4. The second-order valence-electron chi connectivity index (χ2n) is 21.2. The minimum absolute atomic E-state index is 0.0526. The Bertz CT molecular complexity index is 1550. The summed E-state index contributed by atoms with van der Waals surface area (Å²) in [7, 11) is 0. The molecule has 77 heavy (non-hydrogen) atoms. The lowest BCUT2D eigenvalue weighted by atomic mass is 9.98. The van der Waals surface area contributed by atoms with Crippen LogP contribution in [-0.4, -0.2) is 142 Å². The predicted octanol–water partition coefficient (Wildman–Crippen LogP) is 11.4. The molecule has 0 saturated carbocycles. The molecule has 7 N–H and O–H groups in total. The van der Waals surface area contributed by atoms with Gasteiger partial charge < -0.3 is 64.2 Å². The van der Waals surface area contributed by atoms with Crippen LogP contribution < -0.4 is 0 Å². The summed E-state index contributed by atoms with van der Waals surface area (Å²) in [6.45, 7) is 3.57. The zero-order valence-electron chi connectivity index (χ0n) is 47.9. The third-order valence-electron chi connectivity index (χ3n) is 14.2. The van der Waals surface area contributed by atoms with E-state index in [1.807, 2.05) is 0 Å². The van der Waals surface area contributed by atoms with E-state index < -0.39 is 80.7 Å². The van der Waals surface area contributed by atoms with Gasteiger partial charge in [-0.05, 0) is 64.2 Å². The van der Waals surface area contributed by atoms with Crippen molar-refractivity contribution in [3.05, 3.63) is 72.9 Å². The third-order valence-corrected chi connectivity index (χ3v) is 14.2. The Balaban J connectivity index is 1.69. The van der Waals surface area contributed by atoms with E-state index in [2.05, 4.69) is 86.8 Å². The molecule has 446 valence electrons. The molecule has 2 heterocycles. The predicted molar refractivity (Wildman–Crippen MR) is 307 cm³/mol. The van der Waals surface area contributed by atoms with Crippen LogP contribution in [0.2, 0.25) is 0 Å². The summed E-state index contributed by atoms with van der Waals surface area (Å²) in [5.74, 6) is -0.379. The van der Waals surface area contributed by atoms with Crippen LogP contribution in [0.15, 0.2) is 72.9 Å². The number of aliphatic hydroxyl groups excluding tert-OH is 7. The number of aliphatic hydroxyl groups is 7. The minimum atomic E-state index is -1.71. The average Bonchev–Trinajstić information content (AvgIpc) is 3.43.